The number of nitrogen functional groups attached to an aromatic ring is 1. The Morgan fingerprint density at radius 3 is 2.45 bits per heavy atom. The summed E-state index contributed by atoms with van der Waals surface area (Å²) in [5.74, 6) is 0. The molecule has 0 aliphatic heterocycles. The molecule has 33 heavy (non-hydrogen) atoms. The van der Waals surface area contributed by atoms with E-state index in [9.17, 15) is 4.79 Å². The normalized spacial score (nSPS) is 13.6. The maximum atomic E-state index is 12.0. The van der Waals surface area contributed by atoms with Crippen molar-refractivity contribution in [2.45, 2.75) is 84.2 Å². The van der Waals surface area contributed by atoms with Crippen molar-refractivity contribution in [1.82, 2.24) is 10.3 Å². The van der Waals surface area contributed by atoms with E-state index in [-0.39, 0.29) is 11.1 Å². The van der Waals surface area contributed by atoms with E-state index in [4.69, 9.17) is 14.9 Å². The van der Waals surface area contributed by atoms with Crippen LogP contribution in [0.25, 0.3) is 10.9 Å². The van der Waals surface area contributed by atoms with Gasteiger partial charge in [0, 0.05) is 18.0 Å². The number of carbonyl (C=O) groups is 1. The SMILES string of the molecule is CC(C)(C)OC(=O)NCCC[C@@H](CO[Si](C)(C)C(C)(C)C)Nc1c(N)cnc2ccccc12. The third-order valence-electron chi connectivity index (χ3n) is 6.00. The van der Waals surface area contributed by atoms with Crippen LogP contribution in [-0.4, -0.2) is 44.2 Å². The van der Waals surface area contributed by atoms with Crippen molar-refractivity contribution >= 4 is 36.7 Å². The zero-order valence-electron chi connectivity index (χ0n) is 21.5. The van der Waals surface area contributed by atoms with Crippen LogP contribution in [0.3, 0.4) is 0 Å². The lowest BCUT2D eigenvalue weighted by Gasteiger charge is -2.37. The molecule has 1 atom stereocenters. The maximum absolute atomic E-state index is 12.0. The Bertz CT molecular complexity index is 935. The van der Waals surface area contributed by atoms with Crippen LogP contribution in [0.5, 0.6) is 0 Å². The number of nitrogens with zero attached hydrogens (tertiary/aromatic N) is 1. The quantitative estimate of drug-likeness (QED) is 0.308. The highest BCUT2D eigenvalue weighted by molar-refractivity contribution is 6.74. The van der Waals surface area contributed by atoms with Gasteiger partial charge in [-0.25, -0.2) is 4.79 Å². The van der Waals surface area contributed by atoms with Crippen LogP contribution in [0.1, 0.15) is 54.4 Å². The highest BCUT2D eigenvalue weighted by Gasteiger charge is 2.37. The second-order valence-corrected chi connectivity index (χ2v) is 15.9. The number of amides is 1. The van der Waals surface area contributed by atoms with E-state index >= 15 is 0 Å². The molecule has 184 valence electrons. The minimum atomic E-state index is -1.92. The van der Waals surface area contributed by atoms with E-state index in [0.717, 1.165) is 29.4 Å². The molecular weight excluding hydrogens is 432 g/mol. The predicted octanol–water partition coefficient (Wildman–Crippen LogP) is 5.92. The Balaban J connectivity index is 2.11. The summed E-state index contributed by atoms with van der Waals surface area (Å²) in [6.45, 7) is 17.9. The third kappa shape index (κ3) is 8.19. The summed E-state index contributed by atoms with van der Waals surface area (Å²) in [6, 6.07) is 7.99. The largest absolute Gasteiger partial charge is 0.444 e. The second kappa shape index (κ2) is 10.7. The Morgan fingerprint density at radius 1 is 1.15 bits per heavy atom. The fourth-order valence-corrected chi connectivity index (χ4v) is 4.15. The average molecular weight is 475 g/mol. The van der Waals surface area contributed by atoms with Crippen molar-refractivity contribution in [3.63, 3.8) is 0 Å². The molecule has 0 bridgehead atoms. The van der Waals surface area contributed by atoms with Crippen LogP contribution in [0.2, 0.25) is 18.1 Å². The Morgan fingerprint density at radius 2 is 1.82 bits per heavy atom. The van der Waals surface area contributed by atoms with Gasteiger partial charge < -0.3 is 25.5 Å². The van der Waals surface area contributed by atoms with Crippen LogP contribution in [0.15, 0.2) is 30.5 Å². The van der Waals surface area contributed by atoms with Crippen molar-refractivity contribution in [3.05, 3.63) is 30.5 Å². The molecule has 0 radical (unpaired) electrons. The van der Waals surface area contributed by atoms with Gasteiger partial charge in [-0.05, 0) is 57.8 Å². The molecule has 1 heterocycles. The smallest absolute Gasteiger partial charge is 0.407 e. The molecule has 0 unspecified atom stereocenters. The van der Waals surface area contributed by atoms with E-state index in [1.165, 1.54) is 0 Å². The highest BCUT2D eigenvalue weighted by atomic mass is 28.4. The topological polar surface area (TPSA) is 98.5 Å². The summed E-state index contributed by atoms with van der Waals surface area (Å²) in [7, 11) is -1.92. The van der Waals surface area contributed by atoms with Gasteiger partial charge in [0.15, 0.2) is 8.32 Å². The number of aromatic nitrogens is 1. The second-order valence-electron chi connectivity index (χ2n) is 11.1. The first-order valence-corrected chi connectivity index (χ1v) is 14.6. The molecule has 0 saturated heterocycles. The summed E-state index contributed by atoms with van der Waals surface area (Å²) in [4.78, 5) is 16.4. The van der Waals surface area contributed by atoms with Crippen molar-refractivity contribution in [3.8, 4) is 0 Å². The predicted molar refractivity (Wildman–Crippen MR) is 140 cm³/mol. The zero-order valence-corrected chi connectivity index (χ0v) is 22.5. The first-order chi connectivity index (χ1) is 15.2. The molecule has 2 aromatic rings. The lowest BCUT2D eigenvalue weighted by Crippen LogP contribution is -2.44. The van der Waals surface area contributed by atoms with E-state index in [0.29, 0.717) is 18.8 Å². The standard InChI is InChI=1S/C25H42N4O3Si/c1-24(2,3)32-23(30)27-15-11-12-18(17-31-33(7,8)25(4,5)6)29-22-19-13-9-10-14-21(19)28-16-20(22)26/h9-10,13-14,16,18H,11-12,15,17,26H2,1-8H3,(H,27,30)(H,28,29)/t18-/m0/s1. The van der Waals surface area contributed by atoms with Crippen molar-refractivity contribution in [2.75, 3.05) is 24.2 Å². The molecule has 0 aliphatic rings. The van der Waals surface area contributed by atoms with Gasteiger partial charge in [-0.3, -0.25) is 4.98 Å². The molecular formula is C25H42N4O3Si. The number of para-hydroxylation sites is 1. The zero-order chi connectivity index (χ0) is 24.9. The number of nitrogens with two attached hydrogens (primary N) is 1. The lowest BCUT2D eigenvalue weighted by atomic mass is 10.1. The minimum Gasteiger partial charge on any atom is -0.444 e. The summed E-state index contributed by atoms with van der Waals surface area (Å²) < 4.78 is 11.9. The Hall–Kier alpha value is -2.32. The number of alkyl carbamates (subject to hydrolysis) is 1. The number of hydrogen-bond donors (Lipinski definition) is 3. The summed E-state index contributed by atoms with van der Waals surface area (Å²) >= 11 is 0. The van der Waals surface area contributed by atoms with Gasteiger partial charge in [-0.1, -0.05) is 39.0 Å². The number of ether oxygens (including phenoxy) is 1. The van der Waals surface area contributed by atoms with Gasteiger partial charge in [0.05, 0.1) is 29.7 Å². The van der Waals surface area contributed by atoms with Crippen LogP contribution < -0.4 is 16.4 Å². The van der Waals surface area contributed by atoms with Gasteiger partial charge in [0.1, 0.15) is 5.60 Å². The first kappa shape index (κ1) is 26.9. The number of pyridine rings is 1. The highest BCUT2D eigenvalue weighted by Crippen LogP contribution is 2.37. The molecule has 8 heteroatoms. The van der Waals surface area contributed by atoms with Gasteiger partial charge in [0.25, 0.3) is 0 Å². The van der Waals surface area contributed by atoms with Crippen molar-refractivity contribution in [2.24, 2.45) is 0 Å². The summed E-state index contributed by atoms with van der Waals surface area (Å²) in [5.41, 5.74) is 8.18. The Kier molecular flexibility index (Phi) is 8.76. The average Bonchev–Trinajstić information content (AvgIpc) is 2.68. The van der Waals surface area contributed by atoms with E-state index in [1.54, 1.807) is 6.20 Å². The van der Waals surface area contributed by atoms with Crippen LogP contribution in [0, 0.1) is 0 Å². The first-order valence-electron chi connectivity index (χ1n) is 11.7. The van der Waals surface area contributed by atoms with Gasteiger partial charge in [0.2, 0.25) is 0 Å². The molecule has 1 amide bonds. The molecule has 2 rings (SSSR count). The number of fused-ring (bicyclic) bond motifs is 1. The molecule has 1 aromatic heterocycles. The molecule has 1 aromatic carbocycles. The number of benzene rings is 1. The minimum absolute atomic E-state index is 0.0349. The van der Waals surface area contributed by atoms with Gasteiger partial charge >= 0.3 is 6.09 Å². The third-order valence-corrected chi connectivity index (χ3v) is 10.5. The molecule has 0 spiro atoms. The maximum Gasteiger partial charge on any atom is 0.407 e. The molecule has 7 nitrogen and oxygen atoms in total. The monoisotopic (exact) mass is 474 g/mol. The van der Waals surface area contributed by atoms with E-state index in [2.05, 4.69) is 49.5 Å². The lowest BCUT2D eigenvalue weighted by molar-refractivity contribution is 0.0526. The molecule has 0 aliphatic carbocycles. The van der Waals surface area contributed by atoms with Crippen molar-refractivity contribution < 1.29 is 14.0 Å². The number of rotatable bonds is 9. The fourth-order valence-electron chi connectivity index (χ4n) is 3.10. The van der Waals surface area contributed by atoms with Gasteiger partial charge in [-0.2, -0.15) is 0 Å². The summed E-state index contributed by atoms with van der Waals surface area (Å²) in [5, 5.41) is 7.58. The molecule has 4 N–H and O–H groups in total. The van der Waals surface area contributed by atoms with Crippen LogP contribution in [-0.2, 0) is 9.16 Å². The van der Waals surface area contributed by atoms with E-state index in [1.807, 2.05) is 45.0 Å². The summed E-state index contributed by atoms with van der Waals surface area (Å²) in [6.07, 6.45) is 2.88. The van der Waals surface area contributed by atoms with Gasteiger partial charge in [-0.15, -0.1) is 0 Å². The number of hydrogen-bond acceptors (Lipinski definition) is 6. The number of anilines is 2. The van der Waals surface area contributed by atoms with Crippen LogP contribution in [0.4, 0.5) is 16.2 Å². The van der Waals surface area contributed by atoms with Crippen molar-refractivity contribution in [1.29, 1.82) is 0 Å². The molecule has 0 fully saturated rings. The fraction of sp³-hybridized carbons (Fsp3) is 0.600. The Labute approximate surface area is 200 Å². The number of nitrogens with one attached hydrogen (secondary N) is 2. The number of carbonyl (C=O) groups excluding carboxylic acids is 1. The molecule has 0 saturated carbocycles. The van der Waals surface area contributed by atoms with Crippen LogP contribution >= 0.6 is 0 Å². The van der Waals surface area contributed by atoms with E-state index < -0.39 is 20.0 Å².